The second-order valence-corrected chi connectivity index (χ2v) is 4.82. The van der Waals surface area contributed by atoms with Gasteiger partial charge in [-0.2, -0.15) is 0 Å². The van der Waals surface area contributed by atoms with Crippen LogP contribution in [0.15, 0.2) is 17.1 Å². The largest absolute Gasteiger partial charge is 0.377 e. The van der Waals surface area contributed by atoms with Crippen molar-refractivity contribution >= 4 is 37.5 Å². The van der Waals surface area contributed by atoms with Gasteiger partial charge < -0.3 is 4.90 Å². The quantitative estimate of drug-likeness (QED) is 0.694. The lowest BCUT2D eigenvalue weighted by atomic mass is 10.2. The van der Waals surface area contributed by atoms with E-state index in [1.807, 2.05) is 25.1 Å². The van der Waals surface area contributed by atoms with E-state index in [1.165, 1.54) is 11.3 Å². The van der Waals surface area contributed by atoms with E-state index in [-0.39, 0.29) is 5.56 Å². The van der Waals surface area contributed by atoms with Crippen molar-refractivity contribution in [2.75, 3.05) is 19.0 Å². The molecule has 6 nitrogen and oxygen atoms in total. The highest BCUT2D eigenvalue weighted by atomic mass is 32.1. The smallest absolute Gasteiger partial charge is 0.285 e. The standard InChI is InChI=1S/C10H9N5OS/c1-15(2)5-3-4-11-10-6(5)7-8(17-10)9(16)13-14-12-7/h3-4H,1-2H3,(H,12,13,16). The summed E-state index contributed by atoms with van der Waals surface area (Å²) >= 11 is 1.34. The lowest BCUT2D eigenvalue weighted by Gasteiger charge is -2.12. The van der Waals surface area contributed by atoms with Gasteiger partial charge in [-0.05, 0) is 6.07 Å². The fourth-order valence-corrected chi connectivity index (χ4v) is 2.77. The van der Waals surface area contributed by atoms with Crippen molar-refractivity contribution in [3.63, 3.8) is 0 Å². The van der Waals surface area contributed by atoms with Crippen molar-refractivity contribution in [2.24, 2.45) is 0 Å². The third-order valence-electron chi connectivity index (χ3n) is 2.53. The molecule has 0 bridgehead atoms. The van der Waals surface area contributed by atoms with Gasteiger partial charge in [0.05, 0.1) is 11.1 Å². The molecule has 3 rings (SSSR count). The van der Waals surface area contributed by atoms with Crippen LogP contribution in [0.3, 0.4) is 0 Å². The molecule has 86 valence electrons. The highest BCUT2D eigenvalue weighted by Gasteiger charge is 2.15. The first-order valence-corrected chi connectivity index (χ1v) is 5.80. The zero-order valence-corrected chi connectivity index (χ0v) is 10.1. The molecule has 3 aromatic rings. The van der Waals surface area contributed by atoms with E-state index in [1.54, 1.807) is 6.20 Å². The average molecular weight is 247 g/mol. The molecule has 0 radical (unpaired) electrons. The second kappa shape index (κ2) is 3.49. The lowest BCUT2D eigenvalue weighted by Crippen LogP contribution is -2.10. The van der Waals surface area contributed by atoms with E-state index in [4.69, 9.17) is 0 Å². The predicted molar refractivity (Wildman–Crippen MR) is 67.7 cm³/mol. The van der Waals surface area contributed by atoms with E-state index in [0.29, 0.717) is 10.2 Å². The van der Waals surface area contributed by atoms with Gasteiger partial charge >= 0.3 is 0 Å². The summed E-state index contributed by atoms with van der Waals surface area (Å²) in [7, 11) is 3.89. The van der Waals surface area contributed by atoms with Gasteiger partial charge in [-0.15, -0.1) is 16.4 Å². The number of H-pyrrole nitrogens is 1. The molecule has 3 heterocycles. The molecule has 17 heavy (non-hydrogen) atoms. The van der Waals surface area contributed by atoms with Crippen molar-refractivity contribution < 1.29 is 0 Å². The number of aromatic nitrogens is 4. The van der Waals surface area contributed by atoms with Gasteiger partial charge in [-0.25, -0.2) is 10.1 Å². The maximum absolute atomic E-state index is 11.6. The van der Waals surface area contributed by atoms with Crippen molar-refractivity contribution in [2.45, 2.75) is 0 Å². The average Bonchev–Trinajstić information content (AvgIpc) is 2.69. The number of thiophene rings is 1. The maximum Gasteiger partial charge on any atom is 0.285 e. The maximum atomic E-state index is 11.6. The van der Waals surface area contributed by atoms with Crippen LogP contribution >= 0.6 is 11.3 Å². The van der Waals surface area contributed by atoms with Crippen molar-refractivity contribution in [1.82, 2.24) is 20.4 Å². The van der Waals surface area contributed by atoms with E-state index in [9.17, 15) is 4.79 Å². The van der Waals surface area contributed by atoms with Crippen LogP contribution in [-0.4, -0.2) is 34.5 Å². The molecule has 0 aromatic carbocycles. The highest BCUT2D eigenvalue weighted by Crippen LogP contribution is 2.34. The Balaban J connectivity index is 2.59. The van der Waals surface area contributed by atoms with Crippen LogP contribution in [0.1, 0.15) is 0 Å². The molecule has 0 aliphatic rings. The summed E-state index contributed by atoms with van der Waals surface area (Å²) in [6, 6.07) is 1.90. The molecule has 7 heteroatoms. The van der Waals surface area contributed by atoms with Crippen molar-refractivity contribution in [3.05, 3.63) is 22.6 Å². The normalized spacial score (nSPS) is 11.2. The van der Waals surface area contributed by atoms with Crippen LogP contribution < -0.4 is 10.5 Å². The Hall–Kier alpha value is -2.02. The molecule has 0 unspecified atom stereocenters. The molecule has 0 aliphatic heterocycles. The number of fused-ring (bicyclic) bond motifs is 3. The Morgan fingerprint density at radius 1 is 1.41 bits per heavy atom. The summed E-state index contributed by atoms with van der Waals surface area (Å²) in [5, 5.41) is 10.8. The van der Waals surface area contributed by atoms with Gasteiger partial charge in [0.15, 0.2) is 0 Å². The molecule has 0 saturated heterocycles. The zero-order valence-electron chi connectivity index (χ0n) is 9.26. The number of anilines is 1. The number of pyridine rings is 1. The van der Waals surface area contributed by atoms with E-state index in [2.05, 4.69) is 20.4 Å². The van der Waals surface area contributed by atoms with Crippen LogP contribution in [0, 0.1) is 0 Å². The summed E-state index contributed by atoms with van der Waals surface area (Å²) < 4.78 is 0.566. The molecular weight excluding hydrogens is 238 g/mol. The Kier molecular flexibility index (Phi) is 2.08. The predicted octanol–water partition coefficient (Wildman–Crippen LogP) is 0.994. The summed E-state index contributed by atoms with van der Waals surface area (Å²) in [6.07, 6.45) is 1.73. The minimum absolute atomic E-state index is 0.220. The number of nitrogens with one attached hydrogen (secondary N) is 1. The minimum Gasteiger partial charge on any atom is -0.377 e. The van der Waals surface area contributed by atoms with E-state index in [0.717, 1.165) is 15.9 Å². The van der Waals surface area contributed by atoms with Crippen LogP contribution in [0.5, 0.6) is 0 Å². The van der Waals surface area contributed by atoms with Gasteiger partial charge in [0.25, 0.3) is 5.56 Å². The first-order chi connectivity index (χ1) is 8.18. The van der Waals surface area contributed by atoms with Gasteiger partial charge in [0.1, 0.15) is 15.0 Å². The number of rotatable bonds is 1. The van der Waals surface area contributed by atoms with Gasteiger partial charge in [-0.1, -0.05) is 5.21 Å². The molecule has 0 aliphatic carbocycles. The molecule has 0 saturated carbocycles. The SMILES string of the molecule is CN(C)c1ccnc2sc3c(=O)[nH]nnc3c12. The van der Waals surface area contributed by atoms with Crippen LogP contribution in [0.2, 0.25) is 0 Å². The summed E-state index contributed by atoms with van der Waals surface area (Å²) in [5.41, 5.74) is 1.38. The monoisotopic (exact) mass is 247 g/mol. The molecule has 0 amide bonds. The summed E-state index contributed by atoms with van der Waals surface area (Å²) in [5.74, 6) is 0. The second-order valence-electron chi connectivity index (χ2n) is 3.83. The zero-order chi connectivity index (χ0) is 12.0. The van der Waals surface area contributed by atoms with Gasteiger partial charge in [-0.3, -0.25) is 4.79 Å². The van der Waals surface area contributed by atoms with E-state index >= 15 is 0 Å². The molecule has 3 aromatic heterocycles. The molecule has 0 atom stereocenters. The molecule has 1 N–H and O–H groups in total. The Morgan fingerprint density at radius 3 is 3.00 bits per heavy atom. The van der Waals surface area contributed by atoms with E-state index < -0.39 is 0 Å². The first kappa shape index (κ1) is 10.2. The Morgan fingerprint density at radius 2 is 2.24 bits per heavy atom. The molecule has 0 fully saturated rings. The third-order valence-corrected chi connectivity index (χ3v) is 3.62. The number of nitrogens with zero attached hydrogens (tertiary/aromatic N) is 4. The van der Waals surface area contributed by atoms with Crippen LogP contribution in [-0.2, 0) is 0 Å². The summed E-state index contributed by atoms with van der Waals surface area (Å²) in [6.45, 7) is 0. The Labute approximate surface area is 99.9 Å². The van der Waals surface area contributed by atoms with Gasteiger partial charge in [0.2, 0.25) is 0 Å². The van der Waals surface area contributed by atoms with Crippen LogP contribution in [0.4, 0.5) is 5.69 Å². The van der Waals surface area contributed by atoms with Crippen molar-refractivity contribution in [1.29, 1.82) is 0 Å². The van der Waals surface area contributed by atoms with Crippen molar-refractivity contribution in [3.8, 4) is 0 Å². The minimum atomic E-state index is -0.220. The fraction of sp³-hybridized carbons (Fsp3) is 0.200. The summed E-state index contributed by atoms with van der Waals surface area (Å²) in [4.78, 5) is 18.7. The van der Waals surface area contributed by atoms with Crippen LogP contribution in [0.25, 0.3) is 20.4 Å². The Bertz CT molecular complexity index is 760. The number of hydrogen-bond acceptors (Lipinski definition) is 6. The highest BCUT2D eigenvalue weighted by molar-refractivity contribution is 7.25. The number of aromatic amines is 1. The first-order valence-electron chi connectivity index (χ1n) is 4.98. The van der Waals surface area contributed by atoms with Gasteiger partial charge in [0, 0.05) is 20.3 Å². The topological polar surface area (TPSA) is 74.8 Å². The third kappa shape index (κ3) is 1.39. The number of hydrogen-bond donors (Lipinski definition) is 1. The molecule has 0 spiro atoms. The lowest BCUT2D eigenvalue weighted by molar-refractivity contribution is 0.876. The molecular formula is C10H9N5OS. The fourth-order valence-electron chi connectivity index (χ4n) is 1.78.